The van der Waals surface area contributed by atoms with Gasteiger partial charge in [-0.05, 0) is 60.5 Å². The van der Waals surface area contributed by atoms with Crippen LogP contribution in [0.4, 0.5) is 0 Å². The van der Waals surface area contributed by atoms with Crippen LogP contribution in [0.5, 0.6) is 11.5 Å². The minimum absolute atomic E-state index is 0.127. The van der Waals surface area contributed by atoms with Gasteiger partial charge in [0.2, 0.25) is 0 Å². The Kier molecular flexibility index (Phi) is 5.72. The maximum Gasteiger partial charge on any atom is 0.311 e. The average Bonchev–Trinajstić information content (AvgIpc) is 2.51. The molecule has 2 rings (SSSR count). The van der Waals surface area contributed by atoms with E-state index in [0.29, 0.717) is 23.0 Å². The number of rotatable bonds is 5. The fourth-order valence-electron chi connectivity index (χ4n) is 4.67. The number of hydrogen-bond donors (Lipinski definition) is 0. The van der Waals surface area contributed by atoms with Gasteiger partial charge in [-0.2, -0.15) is 0 Å². The van der Waals surface area contributed by atoms with Crippen molar-refractivity contribution >= 4 is 14.3 Å². The number of esters is 1. The van der Waals surface area contributed by atoms with Gasteiger partial charge in [0, 0.05) is 5.56 Å². The predicted octanol–water partition coefficient (Wildman–Crippen LogP) is 6.02. The molecule has 0 atom stereocenters. The Morgan fingerprint density at radius 2 is 1.36 bits per heavy atom. The van der Waals surface area contributed by atoms with Crippen molar-refractivity contribution in [3.05, 3.63) is 22.3 Å². The largest absolute Gasteiger partial charge is 0.542 e. The molecule has 0 aliphatic carbocycles. The van der Waals surface area contributed by atoms with Crippen LogP contribution in [0.15, 0.2) is 0 Å². The number of carbonyl (C=O) groups is 1. The molecule has 1 aromatic rings. The first-order valence-corrected chi connectivity index (χ1v) is 11.7. The van der Waals surface area contributed by atoms with Crippen LogP contribution in [0.1, 0.15) is 70.2 Å². The first kappa shape index (κ1) is 20.0. The molecule has 1 heterocycles. The Labute approximate surface area is 154 Å². The van der Waals surface area contributed by atoms with Crippen molar-refractivity contribution < 1.29 is 14.0 Å². The number of fused-ring (bicyclic) bond motifs is 1. The third kappa shape index (κ3) is 3.25. The van der Waals surface area contributed by atoms with E-state index in [0.717, 1.165) is 40.2 Å². The van der Waals surface area contributed by atoms with Crippen molar-refractivity contribution in [3.8, 4) is 11.5 Å². The molecule has 0 bridgehead atoms. The number of hydrogen-bond acceptors (Lipinski definition) is 3. The lowest BCUT2D eigenvalue weighted by molar-refractivity contribution is -0.135. The molecule has 1 aliphatic rings. The van der Waals surface area contributed by atoms with Crippen LogP contribution in [-0.4, -0.2) is 14.3 Å². The van der Waals surface area contributed by atoms with E-state index < -0.39 is 8.32 Å². The summed E-state index contributed by atoms with van der Waals surface area (Å²) in [5.74, 6) is 1.68. The van der Waals surface area contributed by atoms with Gasteiger partial charge < -0.3 is 9.16 Å². The molecule has 140 valence electrons. The van der Waals surface area contributed by atoms with E-state index in [9.17, 15) is 4.79 Å². The van der Waals surface area contributed by atoms with Crippen molar-refractivity contribution in [1.29, 1.82) is 0 Å². The first-order chi connectivity index (χ1) is 11.5. The molecule has 1 aliphatic heterocycles. The Morgan fingerprint density at radius 1 is 0.840 bits per heavy atom. The Bertz CT molecular complexity index is 653. The fraction of sp³-hybridized carbons (Fsp3) is 0.667. The van der Waals surface area contributed by atoms with E-state index in [1.165, 1.54) is 0 Å². The molecule has 0 amide bonds. The maximum absolute atomic E-state index is 11.7. The molecule has 4 heteroatoms. The summed E-state index contributed by atoms with van der Waals surface area (Å²) >= 11 is 0. The highest BCUT2D eigenvalue weighted by Gasteiger charge is 2.47. The van der Waals surface area contributed by atoms with Gasteiger partial charge in [-0.3, -0.25) is 4.79 Å². The Morgan fingerprint density at radius 3 is 1.84 bits per heavy atom. The number of benzene rings is 1. The van der Waals surface area contributed by atoms with Gasteiger partial charge in [0.15, 0.2) is 0 Å². The summed E-state index contributed by atoms with van der Waals surface area (Å²) in [4.78, 5) is 11.7. The van der Waals surface area contributed by atoms with Crippen LogP contribution < -0.4 is 9.16 Å². The molecule has 0 spiro atoms. The molecule has 0 unspecified atom stereocenters. The van der Waals surface area contributed by atoms with Crippen LogP contribution >= 0.6 is 0 Å². The molecule has 0 radical (unpaired) electrons. The summed E-state index contributed by atoms with van der Waals surface area (Å²) in [5, 5.41) is 0. The first-order valence-electron chi connectivity index (χ1n) is 9.56. The lowest BCUT2D eigenvalue weighted by Gasteiger charge is -2.43. The van der Waals surface area contributed by atoms with Gasteiger partial charge in [0.1, 0.15) is 11.5 Å². The summed E-state index contributed by atoms with van der Waals surface area (Å²) in [6, 6.07) is 0. The predicted molar refractivity (Wildman–Crippen MR) is 106 cm³/mol. The number of carbonyl (C=O) groups excluding carboxylic acids is 1. The second kappa shape index (κ2) is 7.14. The summed E-state index contributed by atoms with van der Waals surface area (Å²) < 4.78 is 12.6. The van der Waals surface area contributed by atoms with Crippen LogP contribution in [0.25, 0.3) is 0 Å². The Hall–Kier alpha value is -1.29. The topological polar surface area (TPSA) is 35.5 Å². The van der Waals surface area contributed by atoms with Crippen molar-refractivity contribution in [3.63, 3.8) is 0 Å². The molecule has 0 saturated heterocycles. The summed E-state index contributed by atoms with van der Waals surface area (Å²) in [6.45, 7) is 20.1. The Balaban J connectivity index is 2.63. The molecule has 3 nitrogen and oxygen atoms in total. The quantitative estimate of drug-likeness (QED) is 0.365. The van der Waals surface area contributed by atoms with E-state index in [4.69, 9.17) is 9.16 Å². The van der Waals surface area contributed by atoms with E-state index in [1.807, 2.05) is 6.92 Å². The monoisotopic (exact) mass is 362 g/mol. The van der Waals surface area contributed by atoms with E-state index >= 15 is 0 Å². The van der Waals surface area contributed by atoms with Gasteiger partial charge in [0.05, 0.1) is 6.42 Å². The lowest BCUT2D eigenvalue weighted by atomic mass is 9.93. The van der Waals surface area contributed by atoms with Gasteiger partial charge >= 0.3 is 5.97 Å². The molecule has 0 N–H and O–H groups in total. The zero-order valence-corrected chi connectivity index (χ0v) is 18.4. The summed E-state index contributed by atoms with van der Waals surface area (Å²) in [5.41, 5.74) is 6.05. The third-order valence-corrected chi connectivity index (χ3v) is 12.1. The van der Waals surface area contributed by atoms with Gasteiger partial charge in [-0.25, -0.2) is 0 Å². The van der Waals surface area contributed by atoms with Crippen LogP contribution in [-0.2, 0) is 11.2 Å². The van der Waals surface area contributed by atoms with Crippen molar-refractivity contribution in [1.82, 2.24) is 0 Å². The highest BCUT2D eigenvalue weighted by atomic mass is 28.4. The van der Waals surface area contributed by atoms with Gasteiger partial charge in [-0.15, -0.1) is 0 Å². The van der Waals surface area contributed by atoms with E-state index in [-0.39, 0.29) is 5.97 Å². The second-order valence-electron chi connectivity index (χ2n) is 8.41. The van der Waals surface area contributed by atoms with Crippen molar-refractivity contribution in [2.45, 2.75) is 91.8 Å². The number of ether oxygens (including phenoxy) is 1. The van der Waals surface area contributed by atoms with E-state index in [1.54, 1.807) is 0 Å². The molecule has 1 aromatic carbocycles. The minimum atomic E-state index is -2.02. The zero-order chi connectivity index (χ0) is 19.1. The highest BCUT2D eigenvalue weighted by molar-refractivity contribution is 6.78. The smallest absolute Gasteiger partial charge is 0.311 e. The molecule has 0 aromatic heterocycles. The highest BCUT2D eigenvalue weighted by Crippen LogP contribution is 2.47. The third-order valence-electron chi connectivity index (χ3n) is 6.09. The van der Waals surface area contributed by atoms with Crippen molar-refractivity contribution in [2.75, 3.05) is 0 Å². The lowest BCUT2D eigenvalue weighted by Crippen LogP contribution is -2.51. The average molecular weight is 363 g/mol. The van der Waals surface area contributed by atoms with Crippen LogP contribution in [0.3, 0.4) is 0 Å². The molecule has 25 heavy (non-hydrogen) atoms. The minimum Gasteiger partial charge on any atom is -0.542 e. The molecular formula is C21H34O3Si. The van der Waals surface area contributed by atoms with Crippen molar-refractivity contribution in [2.24, 2.45) is 0 Å². The molecule has 0 fully saturated rings. The SMILES string of the molecule is Cc1c(C)c2c(c(C)c1O[Si](C(C)C)(C(C)C)C(C)C)CCC(=O)O2. The summed E-state index contributed by atoms with van der Waals surface area (Å²) in [6.07, 6.45) is 1.20. The fourth-order valence-corrected chi connectivity index (χ4v) is 10.0. The van der Waals surface area contributed by atoms with Gasteiger partial charge in [-0.1, -0.05) is 41.5 Å². The normalized spacial score (nSPS) is 15.0. The van der Waals surface area contributed by atoms with Gasteiger partial charge in [0.25, 0.3) is 8.32 Å². The molecular weight excluding hydrogens is 328 g/mol. The summed E-state index contributed by atoms with van der Waals surface area (Å²) in [7, 11) is -2.02. The standard InChI is InChI=1S/C21H34O3Si/c1-12(2)25(13(3)4,14(5)6)24-20-15(7)16(8)21-18(17(20)9)10-11-19(22)23-21/h12-14H,10-11H2,1-9H3. The molecule has 0 saturated carbocycles. The van der Waals surface area contributed by atoms with Crippen LogP contribution in [0, 0.1) is 20.8 Å². The second-order valence-corrected chi connectivity index (χ2v) is 13.8. The zero-order valence-electron chi connectivity index (χ0n) is 17.4. The van der Waals surface area contributed by atoms with Crippen LogP contribution in [0.2, 0.25) is 16.6 Å². The maximum atomic E-state index is 11.7. The van der Waals surface area contributed by atoms with E-state index in [2.05, 4.69) is 55.4 Å².